The number of rotatable bonds is 10. The molecule has 1 aliphatic rings. The van der Waals surface area contributed by atoms with E-state index >= 15 is 0 Å². The molecule has 0 spiro atoms. The Hall–Kier alpha value is -3.52. The average Bonchev–Trinajstić information content (AvgIpc) is 3.42. The van der Waals surface area contributed by atoms with E-state index in [0.29, 0.717) is 12.6 Å². The zero-order valence-corrected chi connectivity index (χ0v) is 21.8. The van der Waals surface area contributed by atoms with E-state index in [9.17, 15) is 4.79 Å². The Morgan fingerprint density at radius 1 is 1.11 bits per heavy atom. The van der Waals surface area contributed by atoms with Gasteiger partial charge in [-0.15, -0.1) is 5.10 Å². The number of hydrogen-bond acceptors (Lipinski definition) is 6. The molecule has 1 fully saturated rings. The van der Waals surface area contributed by atoms with Gasteiger partial charge in [-0.3, -0.25) is 9.69 Å². The van der Waals surface area contributed by atoms with Gasteiger partial charge < -0.3 is 9.72 Å². The first-order valence-electron chi connectivity index (χ1n) is 13.4. The monoisotopic (exact) mass is 500 g/mol. The van der Waals surface area contributed by atoms with Crippen LogP contribution < -0.4 is 10.3 Å². The fourth-order valence-corrected chi connectivity index (χ4v) is 5.56. The van der Waals surface area contributed by atoms with E-state index in [2.05, 4.69) is 61.3 Å². The maximum absolute atomic E-state index is 13.2. The quantitative estimate of drug-likeness (QED) is 0.321. The van der Waals surface area contributed by atoms with E-state index in [1.807, 2.05) is 30.3 Å². The van der Waals surface area contributed by atoms with Crippen LogP contribution in [0.25, 0.3) is 10.9 Å². The highest BCUT2D eigenvalue weighted by Gasteiger charge is 2.29. The molecule has 2 aromatic carbocycles. The van der Waals surface area contributed by atoms with E-state index < -0.39 is 0 Å². The molecule has 1 saturated carbocycles. The fourth-order valence-electron chi connectivity index (χ4n) is 5.56. The molecule has 2 aromatic heterocycles. The lowest BCUT2D eigenvalue weighted by Crippen LogP contribution is -2.34. The highest BCUT2D eigenvalue weighted by molar-refractivity contribution is 5.80. The Bertz CT molecular complexity index is 1360. The molecule has 0 saturated heterocycles. The summed E-state index contributed by atoms with van der Waals surface area (Å²) in [6.07, 6.45) is 7.69. The van der Waals surface area contributed by atoms with E-state index in [0.717, 1.165) is 60.3 Å². The van der Waals surface area contributed by atoms with E-state index in [4.69, 9.17) is 4.74 Å². The molecule has 4 aromatic rings. The number of tetrazole rings is 1. The van der Waals surface area contributed by atoms with Gasteiger partial charge in [-0.2, -0.15) is 0 Å². The maximum Gasteiger partial charge on any atom is 0.252 e. The number of benzene rings is 2. The summed E-state index contributed by atoms with van der Waals surface area (Å²) in [6.45, 7) is 3.48. The van der Waals surface area contributed by atoms with E-state index in [1.165, 1.54) is 24.8 Å². The van der Waals surface area contributed by atoms with Gasteiger partial charge in [-0.1, -0.05) is 56.5 Å². The molecule has 1 atom stereocenters. The minimum atomic E-state index is -0.0767. The van der Waals surface area contributed by atoms with Crippen LogP contribution in [0.5, 0.6) is 5.75 Å². The Morgan fingerprint density at radius 2 is 1.92 bits per heavy atom. The van der Waals surface area contributed by atoms with Gasteiger partial charge in [-0.05, 0) is 65.3 Å². The summed E-state index contributed by atoms with van der Waals surface area (Å²) in [5, 5.41) is 14.1. The van der Waals surface area contributed by atoms with Gasteiger partial charge in [0, 0.05) is 24.7 Å². The number of methoxy groups -OCH3 is 1. The third kappa shape index (κ3) is 5.74. The van der Waals surface area contributed by atoms with Crippen LogP contribution in [0.3, 0.4) is 0 Å². The number of nitrogens with zero attached hydrogens (tertiary/aromatic N) is 5. The summed E-state index contributed by atoms with van der Waals surface area (Å²) < 4.78 is 7.40. The van der Waals surface area contributed by atoms with Crippen LogP contribution in [0.15, 0.2) is 59.4 Å². The third-order valence-electron chi connectivity index (χ3n) is 7.60. The van der Waals surface area contributed by atoms with Crippen molar-refractivity contribution in [2.45, 2.75) is 70.5 Å². The fraction of sp³-hybridized carbons (Fsp3) is 0.448. The van der Waals surface area contributed by atoms with Crippen LogP contribution in [0.2, 0.25) is 0 Å². The Morgan fingerprint density at radius 3 is 2.68 bits per heavy atom. The van der Waals surface area contributed by atoms with Crippen molar-refractivity contribution in [2.24, 2.45) is 0 Å². The van der Waals surface area contributed by atoms with E-state index in [1.54, 1.807) is 7.11 Å². The van der Waals surface area contributed by atoms with Crippen LogP contribution in [0.4, 0.5) is 0 Å². The summed E-state index contributed by atoms with van der Waals surface area (Å²) in [5.41, 5.74) is 2.71. The van der Waals surface area contributed by atoms with Crippen molar-refractivity contribution in [3.8, 4) is 5.75 Å². The third-order valence-corrected chi connectivity index (χ3v) is 7.60. The molecular formula is C29H36N6O2. The van der Waals surface area contributed by atoms with Crippen molar-refractivity contribution >= 4 is 10.9 Å². The molecule has 5 rings (SSSR count). The Labute approximate surface area is 217 Å². The molecular weight excluding hydrogens is 464 g/mol. The zero-order valence-electron chi connectivity index (χ0n) is 21.8. The summed E-state index contributed by atoms with van der Waals surface area (Å²) in [6, 6.07) is 18.6. The first-order valence-corrected chi connectivity index (χ1v) is 13.4. The van der Waals surface area contributed by atoms with Crippen LogP contribution in [0.1, 0.15) is 74.5 Å². The first kappa shape index (κ1) is 25.1. The molecule has 8 nitrogen and oxygen atoms in total. The van der Waals surface area contributed by atoms with Gasteiger partial charge in [0.05, 0.1) is 24.7 Å². The summed E-state index contributed by atoms with van der Waals surface area (Å²) >= 11 is 0. The second-order valence-electron chi connectivity index (χ2n) is 9.98. The first-order chi connectivity index (χ1) is 18.2. The highest BCUT2D eigenvalue weighted by Crippen LogP contribution is 2.32. The largest absolute Gasteiger partial charge is 0.497 e. The minimum absolute atomic E-state index is 0.00611. The van der Waals surface area contributed by atoms with Crippen LogP contribution in [-0.2, 0) is 13.0 Å². The predicted octanol–water partition coefficient (Wildman–Crippen LogP) is 5.22. The molecule has 194 valence electrons. The van der Waals surface area contributed by atoms with Gasteiger partial charge in [-0.25, -0.2) is 4.68 Å². The lowest BCUT2D eigenvalue weighted by atomic mass is 9.95. The van der Waals surface area contributed by atoms with Crippen molar-refractivity contribution in [3.05, 3.63) is 81.9 Å². The van der Waals surface area contributed by atoms with Crippen molar-refractivity contribution in [3.63, 3.8) is 0 Å². The summed E-state index contributed by atoms with van der Waals surface area (Å²) in [5.74, 6) is 1.63. The normalized spacial score (nSPS) is 15.3. The highest BCUT2D eigenvalue weighted by atomic mass is 16.5. The van der Waals surface area contributed by atoms with Crippen LogP contribution in [-0.4, -0.2) is 43.7 Å². The van der Waals surface area contributed by atoms with Crippen molar-refractivity contribution in [1.82, 2.24) is 30.1 Å². The molecule has 0 aliphatic heterocycles. The topological polar surface area (TPSA) is 88.9 Å². The molecule has 0 bridgehead atoms. The van der Waals surface area contributed by atoms with Crippen molar-refractivity contribution in [2.75, 3.05) is 13.7 Å². The van der Waals surface area contributed by atoms with Crippen LogP contribution >= 0.6 is 0 Å². The maximum atomic E-state index is 13.2. The second kappa shape index (κ2) is 11.7. The lowest BCUT2D eigenvalue weighted by Gasteiger charge is -2.32. The second-order valence-corrected chi connectivity index (χ2v) is 9.98. The zero-order chi connectivity index (χ0) is 25.6. The average molecular weight is 501 g/mol. The molecule has 8 heteroatoms. The molecule has 0 radical (unpaired) electrons. The van der Waals surface area contributed by atoms with Gasteiger partial charge in [0.25, 0.3) is 5.56 Å². The van der Waals surface area contributed by atoms with Gasteiger partial charge in [0.15, 0.2) is 5.82 Å². The molecule has 2 heterocycles. The smallest absolute Gasteiger partial charge is 0.252 e. The SMILES string of the molecule is CC[C@@H](c1nnnn1C1CCCCC1)N(CCc1ccccc1)Cc1cc2ccc(OC)cc2[nH]c1=O. The number of hydrogen-bond donors (Lipinski definition) is 1. The van der Waals surface area contributed by atoms with Crippen molar-refractivity contribution < 1.29 is 4.74 Å². The molecule has 1 N–H and O–H groups in total. The molecule has 1 aliphatic carbocycles. The number of H-pyrrole nitrogens is 1. The number of aromatic nitrogens is 5. The Kier molecular flexibility index (Phi) is 7.94. The standard InChI is InChI=1S/C29H36N6O2/c1-3-27(28-31-32-33-35(28)24-12-8-5-9-13-24)34(17-16-21-10-6-4-7-11-21)20-23-18-22-14-15-25(37-2)19-26(22)30-29(23)36/h4,6-7,10-11,14-15,18-19,24,27H,3,5,8-9,12-13,16-17,20H2,1-2H3,(H,30,36)/t27-/m0/s1. The number of pyridine rings is 1. The molecule has 37 heavy (non-hydrogen) atoms. The van der Waals surface area contributed by atoms with Gasteiger partial charge in [0.2, 0.25) is 0 Å². The number of nitrogens with one attached hydrogen (secondary N) is 1. The number of fused-ring (bicyclic) bond motifs is 1. The summed E-state index contributed by atoms with van der Waals surface area (Å²) in [7, 11) is 1.63. The molecule has 0 unspecified atom stereocenters. The number of ether oxygens (including phenoxy) is 1. The summed E-state index contributed by atoms with van der Waals surface area (Å²) in [4.78, 5) is 18.6. The minimum Gasteiger partial charge on any atom is -0.497 e. The van der Waals surface area contributed by atoms with Crippen molar-refractivity contribution in [1.29, 1.82) is 0 Å². The lowest BCUT2D eigenvalue weighted by molar-refractivity contribution is 0.165. The predicted molar refractivity (Wildman–Crippen MR) is 145 cm³/mol. The Balaban J connectivity index is 1.47. The molecule has 0 amide bonds. The number of aromatic amines is 1. The van der Waals surface area contributed by atoms with Gasteiger partial charge in [0.1, 0.15) is 5.75 Å². The van der Waals surface area contributed by atoms with E-state index in [-0.39, 0.29) is 11.6 Å². The van der Waals surface area contributed by atoms with Gasteiger partial charge >= 0.3 is 0 Å². The van der Waals surface area contributed by atoms with Crippen LogP contribution in [0, 0.1) is 0 Å².